The lowest BCUT2D eigenvalue weighted by atomic mass is 10.0. The molecular weight excluding hydrogens is 226 g/mol. The lowest BCUT2D eigenvalue weighted by Gasteiger charge is -2.02. The molecule has 5 nitrogen and oxygen atoms in total. The number of nitrogens with zero attached hydrogens (tertiary/aromatic N) is 4. The second kappa shape index (κ2) is 3.93. The van der Waals surface area contributed by atoms with Crippen LogP contribution in [0.25, 0.3) is 22.0 Å². The maximum Gasteiger partial charge on any atom is 0.125 e. The molecule has 3 aromatic rings. The number of rotatable bonds is 1. The van der Waals surface area contributed by atoms with Gasteiger partial charge in [0.15, 0.2) is 0 Å². The molecule has 0 atom stereocenters. The molecule has 0 radical (unpaired) electrons. The summed E-state index contributed by atoms with van der Waals surface area (Å²) in [6.07, 6.45) is 5.21. The first-order valence-corrected chi connectivity index (χ1v) is 5.44. The van der Waals surface area contributed by atoms with Crippen LogP contribution in [-0.4, -0.2) is 20.2 Å². The molecular formula is C13H9N5. The van der Waals surface area contributed by atoms with E-state index in [1.165, 1.54) is 0 Å². The van der Waals surface area contributed by atoms with Crippen LogP contribution in [0.2, 0.25) is 0 Å². The normalized spacial score (nSPS) is 10.4. The van der Waals surface area contributed by atoms with Gasteiger partial charge in [0.2, 0.25) is 0 Å². The number of benzene rings is 1. The highest BCUT2D eigenvalue weighted by Crippen LogP contribution is 2.25. The molecule has 0 spiro atoms. The summed E-state index contributed by atoms with van der Waals surface area (Å²) in [6, 6.07) is 5.95. The highest BCUT2D eigenvalue weighted by atomic mass is 15.1. The molecule has 1 N–H and O–H groups in total. The average Bonchev–Trinajstić information content (AvgIpc) is 2.86. The van der Waals surface area contributed by atoms with E-state index >= 15 is 0 Å². The van der Waals surface area contributed by atoms with Crippen molar-refractivity contribution in [3.05, 3.63) is 42.1 Å². The van der Waals surface area contributed by atoms with E-state index in [9.17, 15) is 0 Å². The number of hydrogen-bond acceptors (Lipinski definition) is 4. The zero-order valence-electron chi connectivity index (χ0n) is 9.68. The van der Waals surface area contributed by atoms with Crippen LogP contribution in [-0.2, 0) is 0 Å². The van der Waals surface area contributed by atoms with Crippen LogP contribution in [0.5, 0.6) is 0 Å². The standard InChI is InChI=1S/C13H9N5/c1-8-15-5-12(6-16-8)9-2-10(4-14)13-11(3-9)7-17-18-13/h2-3,5-7H,1H3,(H,17,18). The summed E-state index contributed by atoms with van der Waals surface area (Å²) < 4.78 is 0. The molecule has 2 aromatic heterocycles. The van der Waals surface area contributed by atoms with Crippen molar-refractivity contribution in [2.45, 2.75) is 6.92 Å². The quantitative estimate of drug-likeness (QED) is 0.701. The van der Waals surface area contributed by atoms with E-state index < -0.39 is 0 Å². The molecule has 0 amide bonds. The van der Waals surface area contributed by atoms with Gasteiger partial charge >= 0.3 is 0 Å². The molecule has 0 saturated heterocycles. The fourth-order valence-electron chi connectivity index (χ4n) is 1.85. The summed E-state index contributed by atoms with van der Waals surface area (Å²) in [7, 11) is 0. The van der Waals surface area contributed by atoms with Gasteiger partial charge in [-0.3, -0.25) is 5.10 Å². The van der Waals surface area contributed by atoms with Crippen LogP contribution < -0.4 is 0 Å². The molecule has 0 unspecified atom stereocenters. The number of H-pyrrole nitrogens is 1. The lowest BCUT2D eigenvalue weighted by molar-refractivity contribution is 1.06. The maximum atomic E-state index is 9.14. The minimum atomic E-state index is 0.570. The Morgan fingerprint density at radius 2 is 1.89 bits per heavy atom. The Kier molecular flexibility index (Phi) is 2.27. The van der Waals surface area contributed by atoms with Gasteiger partial charge < -0.3 is 0 Å². The van der Waals surface area contributed by atoms with E-state index in [-0.39, 0.29) is 0 Å². The molecule has 0 aliphatic carbocycles. The van der Waals surface area contributed by atoms with Gasteiger partial charge in [0.25, 0.3) is 0 Å². The van der Waals surface area contributed by atoms with Gasteiger partial charge in [-0.05, 0) is 24.6 Å². The number of nitriles is 1. The molecule has 3 rings (SSSR count). The Bertz CT molecular complexity index is 749. The molecule has 18 heavy (non-hydrogen) atoms. The number of fused-ring (bicyclic) bond motifs is 1. The Labute approximate surface area is 103 Å². The first-order valence-electron chi connectivity index (χ1n) is 5.44. The van der Waals surface area contributed by atoms with Crippen molar-refractivity contribution in [3.63, 3.8) is 0 Å². The fraction of sp³-hybridized carbons (Fsp3) is 0.0769. The Morgan fingerprint density at radius 1 is 1.11 bits per heavy atom. The van der Waals surface area contributed by atoms with Crippen LogP contribution in [0.15, 0.2) is 30.7 Å². The van der Waals surface area contributed by atoms with Crippen molar-refractivity contribution >= 4 is 10.9 Å². The third kappa shape index (κ3) is 1.60. The maximum absolute atomic E-state index is 9.14. The summed E-state index contributed by atoms with van der Waals surface area (Å²) in [5.74, 6) is 0.726. The number of hydrogen-bond donors (Lipinski definition) is 1. The molecule has 0 fully saturated rings. The van der Waals surface area contributed by atoms with Crippen LogP contribution in [0.1, 0.15) is 11.4 Å². The van der Waals surface area contributed by atoms with E-state index in [0.29, 0.717) is 5.56 Å². The minimum absolute atomic E-state index is 0.570. The lowest BCUT2D eigenvalue weighted by Crippen LogP contribution is -1.89. The van der Waals surface area contributed by atoms with Gasteiger partial charge in [-0.1, -0.05) is 0 Å². The van der Waals surface area contributed by atoms with Gasteiger partial charge in [0.1, 0.15) is 11.9 Å². The Balaban J connectivity index is 2.23. The zero-order chi connectivity index (χ0) is 12.5. The van der Waals surface area contributed by atoms with E-state index in [4.69, 9.17) is 5.26 Å². The summed E-state index contributed by atoms with van der Waals surface area (Å²) in [5, 5.41) is 16.8. The third-order valence-electron chi connectivity index (χ3n) is 2.78. The van der Waals surface area contributed by atoms with Crippen LogP contribution in [0, 0.1) is 18.3 Å². The van der Waals surface area contributed by atoms with Gasteiger partial charge in [0, 0.05) is 23.3 Å². The minimum Gasteiger partial charge on any atom is -0.276 e. The second-order valence-corrected chi connectivity index (χ2v) is 3.99. The first kappa shape index (κ1) is 10.4. The predicted molar refractivity (Wildman–Crippen MR) is 66.6 cm³/mol. The zero-order valence-corrected chi connectivity index (χ0v) is 9.68. The van der Waals surface area contributed by atoms with Gasteiger partial charge in [0.05, 0.1) is 17.3 Å². The SMILES string of the molecule is Cc1ncc(-c2cc(C#N)c3[nH]ncc3c2)cn1. The van der Waals surface area contributed by atoms with Crippen molar-refractivity contribution in [3.8, 4) is 17.2 Å². The summed E-state index contributed by atoms with van der Waals surface area (Å²) in [6.45, 7) is 1.84. The third-order valence-corrected chi connectivity index (χ3v) is 2.78. The van der Waals surface area contributed by atoms with E-state index in [1.54, 1.807) is 18.6 Å². The summed E-state index contributed by atoms with van der Waals surface area (Å²) >= 11 is 0. The van der Waals surface area contributed by atoms with Crippen molar-refractivity contribution in [2.75, 3.05) is 0 Å². The van der Waals surface area contributed by atoms with E-state index in [2.05, 4.69) is 26.2 Å². The Morgan fingerprint density at radius 3 is 2.61 bits per heavy atom. The topological polar surface area (TPSA) is 78.2 Å². The van der Waals surface area contributed by atoms with E-state index in [1.807, 2.05) is 19.1 Å². The molecule has 86 valence electrons. The van der Waals surface area contributed by atoms with Crippen LogP contribution in [0.3, 0.4) is 0 Å². The molecule has 2 heterocycles. The first-order chi connectivity index (χ1) is 8.78. The van der Waals surface area contributed by atoms with Crippen molar-refractivity contribution in [1.82, 2.24) is 20.2 Å². The molecule has 0 aliphatic heterocycles. The highest BCUT2D eigenvalue weighted by Gasteiger charge is 2.07. The van der Waals surface area contributed by atoms with Gasteiger partial charge in [-0.25, -0.2) is 9.97 Å². The second-order valence-electron chi connectivity index (χ2n) is 3.99. The number of nitrogens with one attached hydrogen (secondary N) is 1. The molecule has 0 saturated carbocycles. The van der Waals surface area contributed by atoms with Crippen molar-refractivity contribution < 1.29 is 0 Å². The summed E-state index contributed by atoms with van der Waals surface area (Å²) in [5.41, 5.74) is 3.13. The highest BCUT2D eigenvalue weighted by molar-refractivity contribution is 5.88. The average molecular weight is 235 g/mol. The van der Waals surface area contributed by atoms with Crippen LogP contribution in [0.4, 0.5) is 0 Å². The Hall–Kier alpha value is -2.74. The van der Waals surface area contributed by atoms with Gasteiger partial charge in [-0.15, -0.1) is 0 Å². The van der Waals surface area contributed by atoms with Crippen molar-refractivity contribution in [2.24, 2.45) is 0 Å². The fourth-order valence-corrected chi connectivity index (χ4v) is 1.85. The molecule has 0 aliphatic rings. The van der Waals surface area contributed by atoms with Crippen LogP contribution >= 0.6 is 0 Å². The molecule has 0 bridgehead atoms. The predicted octanol–water partition coefficient (Wildman–Crippen LogP) is 2.20. The number of aryl methyl sites for hydroxylation is 1. The molecule has 1 aromatic carbocycles. The largest absolute Gasteiger partial charge is 0.276 e. The monoisotopic (exact) mass is 235 g/mol. The van der Waals surface area contributed by atoms with Crippen molar-refractivity contribution in [1.29, 1.82) is 5.26 Å². The smallest absolute Gasteiger partial charge is 0.125 e. The summed E-state index contributed by atoms with van der Waals surface area (Å²) in [4.78, 5) is 8.32. The van der Waals surface area contributed by atoms with Gasteiger partial charge in [-0.2, -0.15) is 10.4 Å². The number of aromatic amines is 1. The van der Waals surface area contributed by atoms with E-state index in [0.717, 1.165) is 27.9 Å². The number of aromatic nitrogens is 4. The molecule has 5 heteroatoms.